The molecular weight excluding hydrogens is 795 g/mol. The molecule has 5 rings (SSSR count). The van der Waals surface area contributed by atoms with Gasteiger partial charge in [0.2, 0.25) is 15.8 Å². The molecule has 0 aliphatic heterocycles. The van der Waals surface area contributed by atoms with Gasteiger partial charge in [0.05, 0.1) is 33.4 Å². The Labute approximate surface area is 308 Å². The Balaban J connectivity index is 1.60. The van der Waals surface area contributed by atoms with Crippen molar-refractivity contribution in [1.82, 2.24) is 29.8 Å². The number of carboxylic acid groups (broad SMARTS) is 1. The van der Waals surface area contributed by atoms with E-state index in [0.29, 0.717) is 37.8 Å². The lowest BCUT2D eigenvalue weighted by Gasteiger charge is -2.25. The smallest absolute Gasteiger partial charge is 0.404 e. The molecule has 1 amide bonds. The molecule has 0 aliphatic carbocycles. The number of hydrogen-bond donors (Lipinski definition) is 2. The summed E-state index contributed by atoms with van der Waals surface area (Å²) in [5.41, 5.74) is 2.70. The maximum Gasteiger partial charge on any atom is 0.404 e. The number of amides is 1. The summed E-state index contributed by atoms with van der Waals surface area (Å²) in [4.78, 5) is 13.0. The summed E-state index contributed by atoms with van der Waals surface area (Å²) in [5.74, 6) is 2.43. The molecular formula is C34H35IN6O7S2. The van der Waals surface area contributed by atoms with Crippen molar-refractivity contribution in [3.63, 3.8) is 0 Å². The third-order valence-corrected chi connectivity index (χ3v) is 11.5. The van der Waals surface area contributed by atoms with Gasteiger partial charge in [-0.15, -0.1) is 22.0 Å². The standard InChI is InChI=1S/C34H35IN6O7S2/c1-46-26-10-4-23(5-11-26)20-40(21-24-6-12-27(47-2)13-7-24)50(44,45)32-30(49-19-18-36-34(42)43)17-16-29(35)31(32)33-37-39-41(38-33)22-25-8-14-28(48-3)15-9-25/h4-17,36H,18-22H2,1-3H3,(H,42,43). The van der Waals surface area contributed by atoms with Crippen molar-refractivity contribution in [1.29, 1.82) is 0 Å². The monoisotopic (exact) mass is 830 g/mol. The molecule has 0 bridgehead atoms. The number of rotatable bonds is 16. The van der Waals surface area contributed by atoms with E-state index in [4.69, 9.17) is 19.3 Å². The minimum Gasteiger partial charge on any atom is -0.497 e. The normalized spacial score (nSPS) is 11.4. The van der Waals surface area contributed by atoms with Gasteiger partial charge in [-0.3, -0.25) is 0 Å². The van der Waals surface area contributed by atoms with Gasteiger partial charge in [-0.05, 0) is 93.0 Å². The molecule has 5 aromatic rings. The van der Waals surface area contributed by atoms with Crippen LogP contribution < -0.4 is 19.5 Å². The van der Waals surface area contributed by atoms with Crippen LogP contribution in [-0.2, 0) is 29.7 Å². The molecule has 1 aromatic heterocycles. The van der Waals surface area contributed by atoms with Gasteiger partial charge >= 0.3 is 6.09 Å². The first-order valence-corrected chi connectivity index (χ1v) is 18.7. The number of thioether (sulfide) groups is 1. The second kappa shape index (κ2) is 17.0. The molecule has 0 fully saturated rings. The predicted octanol–water partition coefficient (Wildman–Crippen LogP) is 5.77. The fourth-order valence-electron chi connectivity index (χ4n) is 4.97. The van der Waals surface area contributed by atoms with E-state index in [1.54, 1.807) is 57.7 Å². The highest BCUT2D eigenvalue weighted by atomic mass is 127. The van der Waals surface area contributed by atoms with Crippen LogP contribution in [0.25, 0.3) is 11.4 Å². The summed E-state index contributed by atoms with van der Waals surface area (Å²) in [6.45, 7) is 0.502. The molecule has 0 aliphatic rings. The number of methoxy groups -OCH3 is 3. The Morgan fingerprint density at radius 2 is 1.36 bits per heavy atom. The van der Waals surface area contributed by atoms with Crippen LogP contribution in [0.15, 0.2) is 94.7 Å². The Kier molecular flexibility index (Phi) is 12.6. The lowest BCUT2D eigenvalue weighted by molar-refractivity contribution is 0.195. The van der Waals surface area contributed by atoms with E-state index in [2.05, 4.69) is 43.3 Å². The zero-order chi connectivity index (χ0) is 35.7. The molecule has 0 saturated heterocycles. The van der Waals surface area contributed by atoms with E-state index in [1.165, 1.54) is 20.9 Å². The number of aromatic nitrogens is 4. The van der Waals surface area contributed by atoms with E-state index in [1.807, 2.05) is 48.5 Å². The Morgan fingerprint density at radius 1 is 0.840 bits per heavy atom. The number of ether oxygens (including phenoxy) is 3. The lowest BCUT2D eigenvalue weighted by atomic mass is 10.2. The molecule has 0 atom stereocenters. The summed E-state index contributed by atoms with van der Waals surface area (Å²) in [5, 5.41) is 24.7. The summed E-state index contributed by atoms with van der Waals surface area (Å²) in [7, 11) is 0.441. The average molecular weight is 831 g/mol. The third-order valence-electron chi connectivity index (χ3n) is 7.50. The Bertz CT molecular complexity index is 1960. The van der Waals surface area contributed by atoms with Crippen molar-refractivity contribution < 1.29 is 32.5 Å². The number of nitrogens with zero attached hydrogens (tertiary/aromatic N) is 5. The molecule has 50 heavy (non-hydrogen) atoms. The van der Waals surface area contributed by atoms with Crippen LogP contribution in [0.3, 0.4) is 0 Å². The predicted molar refractivity (Wildman–Crippen MR) is 197 cm³/mol. The summed E-state index contributed by atoms with van der Waals surface area (Å²) in [6, 6.07) is 25.4. The van der Waals surface area contributed by atoms with Crippen LogP contribution in [-0.4, -0.2) is 77.8 Å². The number of carbonyl (C=O) groups is 1. The van der Waals surface area contributed by atoms with Crippen LogP contribution in [0.1, 0.15) is 16.7 Å². The van der Waals surface area contributed by atoms with Crippen LogP contribution in [0.2, 0.25) is 0 Å². The van der Waals surface area contributed by atoms with Crippen molar-refractivity contribution in [3.8, 4) is 28.6 Å². The zero-order valence-corrected chi connectivity index (χ0v) is 31.2. The number of benzene rings is 4. The van der Waals surface area contributed by atoms with Gasteiger partial charge in [0, 0.05) is 33.9 Å². The second-order valence-electron chi connectivity index (χ2n) is 10.8. The van der Waals surface area contributed by atoms with E-state index in [9.17, 15) is 4.79 Å². The zero-order valence-electron chi connectivity index (χ0n) is 27.4. The largest absolute Gasteiger partial charge is 0.497 e. The van der Waals surface area contributed by atoms with Gasteiger partial charge in [0.15, 0.2) is 0 Å². The van der Waals surface area contributed by atoms with Gasteiger partial charge < -0.3 is 24.6 Å². The van der Waals surface area contributed by atoms with Gasteiger partial charge in [0.25, 0.3) is 0 Å². The number of nitrogens with one attached hydrogen (secondary N) is 1. The highest BCUT2D eigenvalue weighted by Crippen LogP contribution is 2.40. The summed E-state index contributed by atoms with van der Waals surface area (Å²) >= 11 is 3.31. The maximum atomic E-state index is 15.1. The fraction of sp³-hybridized carbons (Fsp3) is 0.235. The van der Waals surface area contributed by atoms with E-state index in [-0.39, 0.29) is 36.1 Å². The highest BCUT2D eigenvalue weighted by molar-refractivity contribution is 14.1. The minimum atomic E-state index is -4.29. The quantitative estimate of drug-likeness (QED) is 0.0707. The SMILES string of the molecule is COc1ccc(CN(Cc2ccc(OC)cc2)S(=O)(=O)c2c(SCCNC(=O)O)ccc(I)c2-c2nnn(Cc3ccc(OC)cc3)n2)cc1. The minimum absolute atomic E-state index is 0.00995. The topological polar surface area (TPSA) is 158 Å². The molecule has 1 heterocycles. The van der Waals surface area contributed by atoms with Crippen LogP contribution in [0, 0.1) is 3.57 Å². The average Bonchev–Trinajstić information content (AvgIpc) is 3.58. The van der Waals surface area contributed by atoms with E-state index < -0.39 is 16.1 Å². The second-order valence-corrected chi connectivity index (χ2v) is 15.0. The Morgan fingerprint density at radius 3 is 1.86 bits per heavy atom. The first-order valence-electron chi connectivity index (χ1n) is 15.2. The van der Waals surface area contributed by atoms with Crippen molar-refractivity contribution in [3.05, 3.63) is 105 Å². The molecule has 0 spiro atoms. The molecule has 4 aromatic carbocycles. The molecule has 262 valence electrons. The molecule has 16 heteroatoms. The van der Waals surface area contributed by atoms with Gasteiger partial charge in [0.1, 0.15) is 22.1 Å². The molecule has 13 nitrogen and oxygen atoms in total. The van der Waals surface area contributed by atoms with Crippen molar-refractivity contribution >= 4 is 50.5 Å². The fourth-order valence-corrected chi connectivity index (χ4v) is 8.83. The van der Waals surface area contributed by atoms with Gasteiger partial charge in [-0.2, -0.15) is 9.10 Å². The first-order chi connectivity index (χ1) is 24.1. The number of hydrogen-bond acceptors (Lipinski definition) is 10. The maximum absolute atomic E-state index is 15.1. The van der Waals surface area contributed by atoms with E-state index in [0.717, 1.165) is 16.7 Å². The first kappa shape index (κ1) is 36.9. The lowest BCUT2D eigenvalue weighted by Crippen LogP contribution is -2.31. The molecule has 0 radical (unpaired) electrons. The molecule has 2 N–H and O–H groups in total. The number of tetrazole rings is 1. The number of sulfonamides is 1. The molecule has 0 unspecified atom stereocenters. The van der Waals surface area contributed by atoms with Crippen LogP contribution in [0.5, 0.6) is 17.2 Å². The van der Waals surface area contributed by atoms with Crippen LogP contribution >= 0.6 is 34.4 Å². The van der Waals surface area contributed by atoms with Crippen molar-refractivity contribution in [2.24, 2.45) is 0 Å². The summed E-state index contributed by atoms with van der Waals surface area (Å²) < 4.78 is 48.1. The van der Waals surface area contributed by atoms with Gasteiger partial charge in [-0.1, -0.05) is 36.4 Å². The van der Waals surface area contributed by atoms with Gasteiger partial charge in [-0.25, -0.2) is 13.2 Å². The van der Waals surface area contributed by atoms with Crippen LogP contribution in [0.4, 0.5) is 4.79 Å². The third kappa shape index (κ3) is 9.23. The van der Waals surface area contributed by atoms with Crippen molar-refractivity contribution in [2.45, 2.75) is 29.4 Å². The number of halogens is 1. The summed E-state index contributed by atoms with van der Waals surface area (Å²) in [6.07, 6.45) is -1.16. The Hall–Kier alpha value is -4.39. The van der Waals surface area contributed by atoms with Crippen molar-refractivity contribution in [2.75, 3.05) is 33.6 Å². The van der Waals surface area contributed by atoms with E-state index >= 15 is 8.42 Å². The highest BCUT2D eigenvalue weighted by Gasteiger charge is 2.34. The molecule has 0 saturated carbocycles.